The first-order chi connectivity index (χ1) is 25.2. The van der Waals surface area contributed by atoms with Crippen molar-refractivity contribution in [1.82, 2.24) is 4.57 Å². The van der Waals surface area contributed by atoms with Crippen molar-refractivity contribution < 1.29 is 0 Å². The van der Waals surface area contributed by atoms with Gasteiger partial charge in [0, 0.05) is 39.8 Å². The Bertz CT molecular complexity index is 2630. The number of aromatic nitrogens is 1. The zero-order valence-corrected chi connectivity index (χ0v) is 28.8. The monoisotopic (exact) mass is 654 g/mol. The zero-order valence-electron chi connectivity index (χ0n) is 28.8. The maximum absolute atomic E-state index is 3.86. The van der Waals surface area contributed by atoms with Gasteiger partial charge in [-0.3, -0.25) is 0 Å². The van der Waals surface area contributed by atoms with Crippen LogP contribution in [0.25, 0.3) is 66.1 Å². The van der Waals surface area contributed by atoms with E-state index >= 15 is 0 Å². The highest BCUT2D eigenvalue weighted by molar-refractivity contribution is 6.19. The molecule has 51 heavy (non-hydrogen) atoms. The van der Waals surface area contributed by atoms with E-state index in [2.05, 4.69) is 187 Å². The molecule has 0 amide bonds. The molecule has 0 aliphatic carbocycles. The first kappa shape index (κ1) is 30.7. The topological polar surface area (TPSA) is 8.17 Å². The zero-order chi connectivity index (χ0) is 34.3. The van der Waals surface area contributed by atoms with Crippen LogP contribution in [0.1, 0.15) is 18.1 Å². The number of fused-ring (bicyclic) bond motifs is 6. The van der Waals surface area contributed by atoms with Gasteiger partial charge in [-0.2, -0.15) is 0 Å². The molecule has 0 bridgehead atoms. The summed E-state index contributed by atoms with van der Waals surface area (Å²) in [7, 11) is 0. The van der Waals surface area contributed by atoms with Crippen molar-refractivity contribution >= 4 is 49.5 Å². The van der Waals surface area contributed by atoms with E-state index < -0.39 is 0 Å². The third-order valence-corrected chi connectivity index (χ3v) is 10.5. The van der Waals surface area contributed by atoms with E-state index in [0.717, 1.165) is 18.7 Å². The molecule has 244 valence electrons. The molecular weight excluding hydrogens is 617 g/mol. The van der Waals surface area contributed by atoms with Crippen LogP contribution in [0.3, 0.4) is 0 Å². The number of anilines is 2. The lowest BCUT2D eigenvalue weighted by Crippen LogP contribution is -2.12. The smallest absolute Gasteiger partial charge is 0.0619 e. The second-order valence-electron chi connectivity index (χ2n) is 13.3. The van der Waals surface area contributed by atoms with Gasteiger partial charge in [0.25, 0.3) is 0 Å². The quantitative estimate of drug-likeness (QED) is 0.155. The van der Waals surface area contributed by atoms with E-state index in [0.29, 0.717) is 0 Å². The highest BCUT2D eigenvalue weighted by atomic mass is 15.2. The van der Waals surface area contributed by atoms with Crippen molar-refractivity contribution in [1.29, 1.82) is 0 Å². The van der Waals surface area contributed by atoms with Crippen LogP contribution < -0.4 is 4.90 Å². The van der Waals surface area contributed by atoms with Crippen LogP contribution in [-0.2, 0) is 6.42 Å². The fraction of sp³-hybridized carbons (Fsp3) is 0.0612. The summed E-state index contributed by atoms with van der Waals surface area (Å²) in [4.78, 5) is 2.42. The SMILES string of the molecule is C=C/C=C\C(=C/C)c1ccc2c(c1)c1ccc3ccccc3c1n2-c1ccc(-c2ccc(-c3ccc(N4CCc5ccccc54)cc3)cc2)cc1. The standard InChI is InChI=1S/C49H38N2/c1-3-5-10-34(4-2)41-24-30-48-46(33-41)45-29-23-39-11-6-8-13-44(39)49(45)51(48)43-27-21-38(22-28-43)36-17-15-35(16-18-36)37-19-25-42(26-20-37)50-32-31-40-12-7-9-14-47(40)50/h3-30,33H,1,31-32H2,2H3/b10-5-,34-4+. The molecule has 1 aromatic heterocycles. The van der Waals surface area contributed by atoms with Crippen molar-refractivity contribution in [2.75, 3.05) is 11.4 Å². The summed E-state index contributed by atoms with van der Waals surface area (Å²) in [5, 5.41) is 5.00. The fourth-order valence-corrected chi connectivity index (χ4v) is 7.86. The van der Waals surface area contributed by atoms with Gasteiger partial charge in [0.15, 0.2) is 0 Å². The Hall–Kier alpha value is -6.38. The summed E-state index contributed by atoms with van der Waals surface area (Å²) in [6, 6.07) is 55.8. The molecule has 2 heterocycles. The van der Waals surface area contributed by atoms with Crippen LogP contribution in [0, 0.1) is 0 Å². The van der Waals surface area contributed by atoms with Gasteiger partial charge in [0.2, 0.25) is 0 Å². The molecule has 2 heteroatoms. The van der Waals surface area contributed by atoms with Crippen LogP contribution in [0.15, 0.2) is 183 Å². The molecule has 1 aliphatic heterocycles. The van der Waals surface area contributed by atoms with E-state index in [1.165, 1.54) is 82.9 Å². The summed E-state index contributed by atoms with van der Waals surface area (Å²) in [6.07, 6.45) is 9.20. The number of hydrogen-bond donors (Lipinski definition) is 0. The number of allylic oxidation sites excluding steroid dienone is 5. The maximum Gasteiger partial charge on any atom is 0.0619 e. The molecule has 0 spiro atoms. The minimum absolute atomic E-state index is 1.03. The molecule has 1 aliphatic rings. The van der Waals surface area contributed by atoms with Gasteiger partial charge < -0.3 is 9.47 Å². The highest BCUT2D eigenvalue weighted by Gasteiger charge is 2.20. The van der Waals surface area contributed by atoms with Crippen molar-refractivity contribution in [3.8, 4) is 27.9 Å². The Morgan fingerprint density at radius 2 is 1.25 bits per heavy atom. The van der Waals surface area contributed by atoms with Gasteiger partial charge >= 0.3 is 0 Å². The Kier molecular flexibility index (Phi) is 7.71. The van der Waals surface area contributed by atoms with Gasteiger partial charge in [0.05, 0.1) is 11.0 Å². The molecule has 0 radical (unpaired) electrons. The molecule has 0 unspecified atom stereocenters. The lowest BCUT2D eigenvalue weighted by molar-refractivity contribution is 0.998. The molecule has 2 nitrogen and oxygen atoms in total. The fourth-order valence-electron chi connectivity index (χ4n) is 7.86. The third kappa shape index (κ3) is 5.37. The van der Waals surface area contributed by atoms with Crippen LogP contribution in [0.2, 0.25) is 0 Å². The van der Waals surface area contributed by atoms with Crippen LogP contribution in [0.5, 0.6) is 0 Å². The summed E-state index contributed by atoms with van der Waals surface area (Å²) in [6.45, 7) is 6.98. The Morgan fingerprint density at radius 1 is 0.608 bits per heavy atom. The minimum Gasteiger partial charge on any atom is -0.341 e. The largest absolute Gasteiger partial charge is 0.341 e. The number of nitrogens with zero attached hydrogens (tertiary/aromatic N) is 2. The molecule has 0 saturated heterocycles. The second-order valence-corrected chi connectivity index (χ2v) is 13.3. The molecule has 0 fully saturated rings. The van der Waals surface area contributed by atoms with E-state index in [1.807, 2.05) is 12.2 Å². The predicted molar refractivity (Wildman–Crippen MR) is 219 cm³/mol. The number of para-hydroxylation sites is 1. The molecule has 9 rings (SSSR count). The average Bonchev–Trinajstić information content (AvgIpc) is 3.78. The molecule has 0 saturated carbocycles. The normalized spacial score (nSPS) is 13.1. The van der Waals surface area contributed by atoms with E-state index in [4.69, 9.17) is 0 Å². The van der Waals surface area contributed by atoms with Gasteiger partial charge in [0.1, 0.15) is 0 Å². The second kappa shape index (κ2) is 12.8. The molecule has 0 N–H and O–H groups in total. The van der Waals surface area contributed by atoms with Crippen molar-refractivity contribution in [2.45, 2.75) is 13.3 Å². The van der Waals surface area contributed by atoms with Crippen LogP contribution in [-0.4, -0.2) is 11.1 Å². The van der Waals surface area contributed by atoms with Gasteiger partial charge in [-0.05, 0) is 100 Å². The van der Waals surface area contributed by atoms with Gasteiger partial charge in [-0.25, -0.2) is 0 Å². The number of benzene rings is 7. The lowest BCUT2D eigenvalue weighted by Gasteiger charge is -2.20. The highest BCUT2D eigenvalue weighted by Crippen LogP contribution is 2.39. The summed E-state index contributed by atoms with van der Waals surface area (Å²) in [5.41, 5.74) is 14.8. The first-order valence-corrected chi connectivity index (χ1v) is 17.8. The van der Waals surface area contributed by atoms with Crippen LogP contribution >= 0.6 is 0 Å². The Labute approximate surface area is 299 Å². The molecule has 8 aromatic rings. The summed E-state index contributed by atoms with van der Waals surface area (Å²) < 4.78 is 2.43. The number of hydrogen-bond acceptors (Lipinski definition) is 1. The van der Waals surface area contributed by atoms with Gasteiger partial charge in [-0.1, -0.05) is 140 Å². The van der Waals surface area contributed by atoms with E-state index in [1.54, 1.807) is 0 Å². The van der Waals surface area contributed by atoms with E-state index in [9.17, 15) is 0 Å². The Morgan fingerprint density at radius 3 is 1.96 bits per heavy atom. The number of rotatable bonds is 7. The van der Waals surface area contributed by atoms with Crippen LogP contribution in [0.4, 0.5) is 11.4 Å². The average molecular weight is 655 g/mol. The summed E-state index contributed by atoms with van der Waals surface area (Å²) >= 11 is 0. The van der Waals surface area contributed by atoms with Crippen molar-refractivity contribution in [3.05, 3.63) is 194 Å². The van der Waals surface area contributed by atoms with Gasteiger partial charge in [-0.15, -0.1) is 0 Å². The van der Waals surface area contributed by atoms with Crippen molar-refractivity contribution in [3.63, 3.8) is 0 Å². The lowest BCUT2D eigenvalue weighted by atomic mass is 10.00. The summed E-state index contributed by atoms with van der Waals surface area (Å²) in [5.74, 6) is 0. The third-order valence-electron chi connectivity index (χ3n) is 10.5. The predicted octanol–water partition coefficient (Wildman–Crippen LogP) is 13.1. The molecular formula is C49H38N2. The van der Waals surface area contributed by atoms with Crippen molar-refractivity contribution in [2.24, 2.45) is 0 Å². The minimum atomic E-state index is 1.03. The molecule has 0 atom stereocenters. The molecule has 7 aromatic carbocycles. The van der Waals surface area contributed by atoms with E-state index in [-0.39, 0.29) is 0 Å². The maximum atomic E-state index is 3.86. The first-order valence-electron chi connectivity index (χ1n) is 17.8. The Balaban J connectivity index is 1.04.